The Kier molecular flexibility index (Phi) is 5.17. The molecule has 0 saturated carbocycles. The number of carbonyl (C=O) groups excluding carboxylic acids is 1. The van der Waals surface area contributed by atoms with Crippen molar-refractivity contribution in [3.63, 3.8) is 0 Å². The van der Waals surface area contributed by atoms with Crippen molar-refractivity contribution in [2.24, 2.45) is 0 Å². The van der Waals surface area contributed by atoms with Gasteiger partial charge in [-0.3, -0.25) is 4.79 Å². The molecule has 6 heteroatoms. The number of hydrogen-bond donors (Lipinski definition) is 1. The lowest BCUT2D eigenvalue weighted by molar-refractivity contribution is -0.115. The summed E-state index contributed by atoms with van der Waals surface area (Å²) in [5, 5.41) is 2.61. The Morgan fingerprint density at radius 1 is 1.21 bits per heavy atom. The third kappa shape index (κ3) is 3.96. The molecule has 0 aromatic heterocycles. The Morgan fingerprint density at radius 3 is 2.67 bits per heavy atom. The van der Waals surface area contributed by atoms with E-state index < -0.39 is 0 Å². The Morgan fingerprint density at radius 2 is 2.00 bits per heavy atom. The monoisotopic (exact) mass is 357 g/mol. The lowest BCUT2D eigenvalue weighted by atomic mass is 10.1. The van der Waals surface area contributed by atoms with Crippen LogP contribution >= 0.6 is 24.0 Å². The molecule has 1 saturated heterocycles. The number of amides is 1. The first-order chi connectivity index (χ1) is 11.7. The predicted molar refractivity (Wildman–Crippen MR) is 100 cm³/mol. The van der Waals surface area contributed by atoms with Gasteiger partial charge in [0.25, 0.3) is 5.91 Å². The maximum Gasteiger partial charge on any atom is 0.263 e. The van der Waals surface area contributed by atoms with Crippen molar-refractivity contribution >= 4 is 40.3 Å². The molecule has 1 heterocycles. The number of thioether (sulfide) groups is 1. The van der Waals surface area contributed by atoms with Crippen molar-refractivity contribution in [2.45, 2.75) is 6.61 Å². The first kappa shape index (κ1) is 16.5. The number of hydrogen-bond acceptors (Lipinski definition) is 5. The quantitative estimate of drug-likeness (QED) is 0.652. The summed E-state index contributed by atoms with van der Waals surface area (Å²) in [7, 11) is 1.62. The number of rotatable bonds is 5. The number of carbonyl (C=O) groups is 1. The molecule has 4 nitrogen and oxygen atoms in total. The number of methoxy groups -OCH3 is 1. The standard InChI is InChI=1S/C18H15NO3S2/c1-21-15-8-7-12(10-16-17(20)19-18(23)24-16)9-13(15)11-22-14-5-3-2-4-6-14/h2-10H,11H2,1H3,(H,19,20,23). The molecule has 1 amide bonds. The van der Waals surface area contributed by atoms with E-state index in [0.717, 1.165) is 22.6 Å². The Bertz CT molecular complexity index is 803. The number of para-hydroxylation sites is 1. The van der Waals surface area contributed by atoms with Gasteiger partial charge in [0, 0.05) is 5.56 Å². The second kappa shape index (κ2) is 7.51. The number of nitrogens with one attached hydrogen (secondary N) is 1. The summed E-state index contributed by atoms with van der Waals surface area (Å²) in [6.07, 6.45) is 1.81. The van der Waals surface area contributed by atoms with Crippen LogP contribution in [0.1, 0.15) is 11.1 Å². The van der Waals surface area contributed by atoms with E-state index >= 15 is 0 Å². The highest BCUT2D eigenvalue weighted by Crippen LogP contribution is 2.28. The molecule has 0 unspecified atom stereocenters. The average molecular weight is 357 g/mol. The summed E-state index contributed by atoms with van der Waals surface area (Å²) >= 11 is 6.26. The first-order valence-electron chi connectivity index (χ1n) is 7.25. The highest BCUT2D eigenvalue weighted by Gasteiger charge is 2.22. The summed E-state index contributed by atoms with van der Waals surface area (Å²) in [6.45, 7) is 0.377. The fourth-order valence-corrected chi connectivity index (χ4v) is 3.30. The van der Waals surface area contributed by atoms with Crippen molar-refractivity contribution in [1.82, 2.24) is 5.32 Å². The zero-order chi connectivity index (χ0) is 16.9. The summed E-state index contributed by atoms with van der Waals surface area (Å²) in [5.41, 5.74) is 1.80. The van der Waals surface area contributed by atoms with Gasteiger partial charge in [-0.05, 0) is 35.9 Å². The fourth-order valence-electron chi connectivity index (χ4n) is 2.25. The normalized spacial score (nSPS) is 15.5. The molecule has 0 spiro atoms. The van der Waals surface area contributed by atoms with Crippen LogP contribution in [0.15, 0.2) is 53.4 Å². The second-order valence-electron chi connectivity index (χ2n) is 5.03. The van der Waals surface area contributed by atoms with Crippen LogP contribution in [0.4, 0.5) is 0 Å². The van der Waals surface area contributed by atoms with Gasteiger partial charge in [-0.25, -0.2) is 0 Å². The highest BCUT2D eigenvalue weighted by atomic mass is 32.2. The SMILES string of the molecule is COc1ccc(C=C2SC(=S)NC2=O)cc1COc1ccccc1. The summed E-state index contributed by atoms with van der Waals surface area (Å²) in [6, 6.07) is 15.3. The third-order valence-electron chi connectivity index (χ3n) is 3.38. The molecule has 0 bridgehead atoms. The Balaban J connectivity index is 1.81. The van der Waals surface area contributed by atoms with Gasteiger partial charge in [0.1, 0.15) is 22.4 Å². The van der Waals surface area contributed by atoms with Gasteiger partial charge in [0.2, 0.25) is 0 Å². The van der Waals surface area contributed by atoms with E-state index in [1.54, 1.807) is 7.11 Å². The maximum absolute atomic E-state index is 11.8. The smallest absolute Gasteiger partial charge is 0.263 e. The topological polar surface area (TPSA) is 47.6 Å². The molecule has 122 valence electrons. The van der Waals surface area contributed by atoms with Gasteiger partial charge in [0.15, 0.2) is 0 Å². The second-order valence-corrected chi connectivity index (χ2v) is 6.74. The molecule has 1 aliphatic heterocycles. The fraction of sp³-hybridized carbons (Fsp3) is 0.111. The van der Waals surface area contributed by atoms with E-state index in [4.69, 9.17) is 21.7 Å². The van der Waals surface area contributed by atoms with E-state index in [-0.39, 0.29) is 5.91 Å². The van der Waals surface area contributed by atoms with Gasteiger partial charge in [-0.1, -0.05) is 48.2 Å². The number of thiocarbonyl (C=S) groups is 1. The molecule has 0 radical (unpaired) electrons. The number of ether oxygens (including phenoxy) is 2. The van der Waals surface area contributed by atoms with Gasteiger partial charge >= 0.3 is 0 Å². The van der Waals surface area contributed by atoms with Crippen LogP contribution in [0, 0.1) is 0 Å². The predicted octanol–water partition coefficient (Wildman–Crippen LogP) is 3.76. The van der Waals surface area contributed by atoms with E-state index in [9.17, 15) is 4.79 Å². The minimum atomic E-state index is -0.164. The largest absolute Gasteiger partial charge is 0.496 e. The van der Waals surface area contributed by atoms with Crippen LogP contribution in [0.3, 0.4) is 0 Å². The van der Waals surface area contributed by atoms with Crippen molar-refractivity contribution in [3.8, 4) is 11.5 Å². The highest BCUT2D eigenvalue weighted by molar-refractivity contribution is 8.26. The molecular formula is C18H15NO3S2. The van der Waals surface area contributed by atoms with Crippen molar-refractivity contribution in [2.75, 3.05) is 7.11 Å². The van der Waals surface area contributed by atoms with Crippen molar-refractivity contribution < 1.29 is 14.3 Å². The average Bonchev–Trinajstić information content (AvgIpc) is 2.91. The summed E-state index contributed by atoms with van der Waals surface area (Å²) in [5.74, 6) is 1.37. The maximum atomic E-state index is 11.8. The van der Waals surface area contributed by atoms with Crippen LogP contribution in [0.25, 0.3) is 6.08 Å². The van der Waals surface area contributed by atoms with E-state index in [1.807, 2.05) is 54.6 Å². The molecule has 24 heavy (non-hydrogen) atoms. The molecular weight excluding hydrogens is 342 g/mol. The molecule has 1 aliphatic rings. The molecule has 1 fully saturated rings. The van der Waals surface area contributed by atoms with Gasteiger partial charge in [-0.2, -0.15) is 0 Å². The van der Waals surface area contributed by atoms with E-state index in [2.05, 4.69) is 5.32 Å². The molecule has 0 atom stereocenters. The third-order valence-corrected chi connectivity index (χ3v) is 4.54. The first-order valence-corrected chi connectivity index (χ1v) is 8.48. The van der Waals surface area contributed by atoms with Crippen LogP contribution < -0.4 is 14.8 Å². The van der Waals surface area contributed by atoms with E-state index in [0.29, 0.717) is 15.8 Å². The van der Waals surface area contributed by atoms with Gasteiger partial charge in [-0.15, -0.1) is 0 Å². The van der Waals surface area contributed by atoms with Crippen LogP contribution in [-0.4, -0.2) is 17.3 Å². The zero-order valence-electron chi connectivity index (χ0n) is 12.9. The molecule has 0 aliphatic carbocycles. The molecule has 1 N–H and O–H groups in total. The van der Waals surface area contributed by atoms with Crippen molar-refractivity contribution in [1.29, 1.82) is 0 Å². The van der Waals surface area contributed by atoms with E-state index in [1.165, 1.54) is 11.8 Å². The summed E-state index contributed by atoms with van der Waals surface area (Å²) < 4.78 is 11.7. The van der Waals surface area contributed by atoms with Gasteiger partial charge in [0.05, 0.1) is 12.0 Å². The minimum absolute atomic E-state index is 0.164. The zero-order valence-corrected chi connectivity index (χ0v) is 14.6. The molecule has 2 aromatic rings. The van der Waals surface area contributed by atoms with Crippen LogP contribution in [0.5, 0.6) is 11.5 Å². The Labute approximate surface area is 149 Å². The van der Waals surface area contributed by atoms with Crippen LogP contribution in [-0.2, 0) is 11.4 Å². The number of benzene rings is 2. The van der Waals surface area contributed by atoms with Crippen LogP contribution in [0.2, 0.25) is 0 Å². The Hall–Kier alpha value is -2.31. The van der Waals surface area contributed by atoms with Crippen molar-refractivity contribution in [3.05, 3.63) is 64.6 Å². The van der Waals surface area contributed by atoms with Gasteiger partial charge < -0.3 is 14.8 Å². The lowest BCUT2D eigenvalue weighted by Gasteiger charge is -2.11. The lowest BCUT2D eigenvalue weighted by Crippen LogP contribution is -2.17. The summed E-state index contributed by atoms with van der Waals surface area (Å²) in [4.78, 5) is 12.4. The minimum Gasteiger partial charge on any atom is -0.496 e. The molecule has 3 rings (SSSR count). The molecule has 2 aromatic carbocycles.